The van der Waals surface area contributed by atoms with E-state index < -0.39 is 5.57 Å². The molecular weight excluding hydrogens is 205 g/mol. The van der Waals surface area contributed by atoms with Gasteiger partial charge in [0.2, 0.25) is 0 Å². The molecule has 6 heavy (non-hydrogen) atoms. The van der Waals surface area contributed by atoms with Gasteiger partial charge in [-0.15, -0.1) is 21.8 Å². The largest absolute Gasteiger partial charge is 0.344 e. The van der Waals surface area contributed by atoms with Crippen LogP contribution in [0.5, 0.6) is 0 Å². The summed E-state index contributed by atoms with van der Waals surface area (Å²) in [5.41, 5.74) is -0.641. The zero-order chi connectivity index (χ0) is 4.50. The third-order valence-electron chi connectivity index (χ3n) is 0. The van der Waals surface area contributed by atoms with Crippen LogP contribution >= 0.6 is 21.8 Å². The second kappa shape index (κ2) is 2.98. The first-order valence-corrected chi connectivity index (χ1v) is 8.30. The van der Waals surface area contributed by atoms with Gasteiger partial charge in [-0.05, 0) is 0 Å². The van der Waals surface area contributed by atoms with Crippen molar-refractivity contribution in [3.05, 3.63) is 0 Å². The highest BCUT2D eigenvalue weighted by molar-refractivity contribution is 14.1. The predicted octanol–water partition coefficient (Wildman–Crippen LogP) is 2.42. The average molecular weight is 217 g/mol. The van der Waals surface area contributed by atoms with Gasteiger partial charge in [-0.1, -0.05) is 19.6 Å². The maximum Gasteiger partial charge on any atom is 0.116 e. The molecule has 0 aliphatic heterocycles. The topological polar surface area (TPSA) is 35.0 Å². The van der Waals surface area contributed by atoms with Crippen molar-refractivity contribution in [2.24, 2.45) is 0 Å². The van der Waals surface area contributed by atoms with Crippen LogP contribution in [0.2, 0.25) is 19.6 Å². The van der Waals surface area contributed by atoms with Gasteiger partial charge in [0, 0.05) is 0 Å². The molecule has 0 saturated carbocycles. The lowest BCUT2D eigenvalue weighted by molar-refractivity contribution is 1.90. The summed E-state index contributed by atoms with van der Waals surface area (Å²) in [5, 5.41) is 0. The van der Waals surface area contributed by atoms with Crippen molar-refractivity contribution in [3.8, 4) is 0 Å². The van der Waals surface area contributed by atoms with Gasteiger partial charge >= 0.3 is 0 Å². The second-order valence-electron chi connectivity index (χ2n) is 2.07. The Bertz CT molecular complexity index is 26.3. The van der Waals surface area contributed by atoms with Crippen molar-refractivity contribution in [1.82, 2.24) is 6.15 Å². The molecular formula is C3H12INSi. The molecule has 0 amide bonds. The van der Waals surface area contributed by atoms with E-state index in [1.54, 1.807) is 0 Å². The Hall–Kier alpha value is 0.907. The minimum Gasteiger partial charge on any atom is -0.344 e. The smallest absolute Gasteiger partial charge is 0.116 e. The number of halogens is 1. The molecule has 0 heterocycles. The molecule has 0 rings (SSSR count). The van der Waals surface area contributed by atoms with Crippen LogP contribution in [0.1, 0.15) is 0 Å². The van der Waals surface area contributed by atoms with Gasteiger partial charge in [-0.25, -0.2) is 0 Å². The predicted molar refractivity (Wildman–Crippen MR) is 42.4 cm³/mol. The van der Waals surface area contributed by atoms with Crippen molar-refractivity contribution < 1.29 is 0 Å². The zero-order valence-electron chi connectivity index (χ0n) is 4.59. The Morgan fingerprint density at radius 2 is 1.17 bits per heavy atom. The van der Waals surface area contributed by atoms with Crippen molar-refractivity contribution in [1.29, 1.82) is 0 Å². The third kappa shape index (κ3) is 91.1. The van der Waals surface area contributed by atoms with E-state index in [2.05, 4.69) is 41.4 Å². The molecule has 3 heteroatoms. The average Bonchev–Trinajstić information content (AvgIpc) is 0.722. The van der Waals surface area contributed by atoms with Gasteiger partial charge in [0.25, 0.3) is 0 Å². The van der Waals surface area contributed by atoms with E-state index in [0.29, 0.717) is 0 Å². The maximum absolute atomic E-state index is 2.52. The molecule has 0 aromatic carbocycles. The van der Waals surface area contributed by atoms with Crippen LogP contribution in [0.15, 0.2) is 0 Å². The van der Waals surface area contributed by atoms with E-state index in [1.807, 2.05) is 0 Å². The summed E-state index contributed by atoms with van der Waals surface area (Å²) in [5.74, 6) is 0. The molecule has 1 nitrogen and oxygen atoms in total. The van der Waals surface area contributed by atoms with E-state index >= 15 is 0 Å². The molecule has 0 aromatic heterocycles. The summed E-state index contributed by atoms with van der Waals surface area (Å²) >= 11 is 2.52. The highest BCUT2D eigenvalue weighted by Gasteiger charge is 2.02. The van der Waals surface area contributed by atoms with Gasteiger partial charge < -0.3 is 6.15 Å². The molecule has 0 saturated heterocycles. The van der Waals surface area contributed by atoms with Crippen LogP contribution < -0.4 is 6.15 Å². The zero-order valence-corrected chi connectivity index (χ0v) is 7.74. The molecule has 40 valence electrons. The molecule has 0 radical (unpaired) electrons. The quantitative estimate of drug-likeness (QED) is 0.377. The fourth-order valence-electron chi connectivity index (χ4n) is 0. The van der Waals surface area contributed by atoms with Gasteiger partial charge in [-0.3, -0.25) is 0 Å². The highest BCUT2D eigenvalue weighted by atomic mass is 127. The molecule has 0 aromatic rings. The second-order valence-corrected chi connectivity index (χ2v) is 15.9. The summed E-state index contributed by atoms with van der Waals surface area (Å²) in [4.78, 5) is 0. The van der Waals surface area contributed by atoms with Crippen molar-refractivity contribution in [3.63, 3.8) is 0 Å². The van der Waals surface area contributed by atoms with Gasteiger partial charge in [0.1, 0.15) is 5.57 Å². The van der Waals surface area contributed by atoms with Crippen LogP contribution in [-0.2, 0) is 0 Å². The van der Waals surface area contributed by atoms with E-state index in [1.165, 1.54) is 0 Å². The van der Waals surface area contributed by atoms with Crippen LogP contribution in [0.4, 0.5) is 0 Å². The Kier molecular flexibility index (Phi) is 4.97. The first kappa shape index (κ1) is 10.0. The third-order valence-corrected chi connectivity index (χ3v) is 0. The first-order valence-electron chi connectivity index (χ1n) is 1.69. The van der Waals surface area contributed by atoms with Crippen LogP contribution in [-0.4, -0.2) is 5.57 Å². The molecule has 0 bridgehead atoms. The maximum atomic E-state index is 2.52. The number of hydrogen-bond acceptors (Lipinski definition) is 1. The Morgan fingerprint density at radius 3 is 1.17 bits per heavy atom. The van der Waals surface area contributed by atoms with Crippen molar-refractivity contribution in [2.45, 2.75) is 19.6 Å². The molecule has 0 atom stereocenters. The van der Waals surface area contributed by atoms with Gasteiger partial charge in [0.05, 0.1) is 0 Å². The molecule has 0 aliphatic rings. The van der Waals surface area contributed by atoms with E-state index in [4.69, 9.17) is 0 Å². The fourth-order valence-corrected chi connectivity index (χ4v) is 0. The molecule has 0 spiro atoms. The van der Waals surface area contributed by atoms with Crippen molar-refractivity contribution >= 4 is 27.4 Å². The summed E-state index contributed by atoms with van der Waals surface area (Å²) < 4.78 is 0. The molecule has 3 N–H and O–H groups in total. The monoisotopic (exact) mass is 217 g/mol. The van der Waals surface area contributed by atoms with E-state index in [0.717, 1.165) is 0 Å². The molecule has 0 unspecified atom stereocenters. The number of rotatable bonds is 0. The summed E-state index contributed by atoms with van der Waals surface area (Å²) in [7, 11) is 0. The lowest BCUT2D eigenvalue weighted by atomic mass is 11.8. The van der Waals surface area contributed by atoms with E-state index in [9.17, 15) is 0 Å². The standard InChI is InChI=1S/C3H9ISi.H3N/c1-5(2,3)4;/h1-3H3;1H3. The van der Waals surface area contributed by atoms with Crippen molar-refractivity contribution in [2.75, 3.05) is 0 Å². The highest BCUT2D eigenvalue weighted by Crippen LogP contribution is 2.08. The molecule has 0 fully saturated rings. The van der Waals surface area contributed by atoms with Crippen LogP contribution in [0.3, 0.4) is 0 Å². The summed E-state index contributed by atoms with van der Waals surface area (Å²) in [6.45, 7) is 6.94. The summed E-state index contributed by atoms with van der Waals surface area (Å²) in [6, 6.07) is 0. The Balaban J connectivity index is 0. The Labute approximate surface area is 53.3 Å². The SMILES string of the molecule is C[Si](C)(C)I.N. The van der Waals surface area contributed by atoms with Gasteiger partial charge in [0.15, 0.2) is 0 Å². The lowest BCUT2D eigenvalue weighted by Crippen LogP contribution is -2.05. The first-order chi connectivity index (χ1) is 2.00. The van der Waals surface area contributed by atoms with Crippen LogP contribution in [0.25, 0.3) is 0 Å². The minimum absolute atomic E-state index is 0. The minimum atomic E-state index is -0.641. The summed E-state index contributed by atoms with van der Waals surface area (Å²) in [6.07, 6.45) is 0. The normalized spacial score (nSPS) is 10.0. The lowest BCUT2D eigenvalue weighted by Gasteiger charge is -1.98. The van der Waals surface area contributed by atoms with Gasteiger partial charge in [-0.2, -0.15) is 0 Å². The number of hydrogen-bond donors (Lipinski definition) is 1. The Morgan fingerprint density at radius 1 is 1.17 bits per heavy atom. The van der Waals surface area contributed by atoms with E-state index in [-0.39, 0.29) is 6.15 Å². The molecule has 0 aliphatic carbocycles. The van der Waals surface area contributed by atoms with Crippen LogP contribution in [0, 0.1) is 0 Å². The fraction of sp³-hybridized carbons (Fsp3) is 1.00.